The van der Waals surface area contributed by atoms with Gasteiger partial charge in [-0.1, -0.05) is 49.2 Å². The predicted molar refractivity (Wildman–Crippen MR) is 135 cm³/mol. The van der Waals surface area contributed by atoms with Crippen LogP contribution in [0, 0.1) is 6.92 Å². The van der Waals surface area contributed by atoms with E-state index in [9.17, 15) is 4.79 Å². The summed E-state index contributed by atoms with van der Waals surface area (Å²) in [6, 6.07) is 12.7. The zero-order valence-corrected chi connectivity index (χ0v) is 20.8. The second-order valence-electron chi connectivity index (χ2n) is 8.18. The van der Waals surface area contributed by atoms with Gasteiger partial charge in [-0.2, -0.15) is 0 Å². The lowest BCUT2D eigenvalue weighted by atomic mass is 9.95. The lowest BCUT2D eigenvalue weighted by Gasteiger charge is -2.22. The van der Waals surface area contributed by atoms with E-state index in [1.165, 1.54) is 36.2 Å². The third-order valence-corrected chi connectivity index (χ3v) is 8.52. The number of carbonyl (C=O) groups is 1. The molecule has 4 aromatic rings. The number of thioether (sulfide) groups is 1. The Balaban J connectivity index is 1.33. The van der Waals surface area contributed by atoms with Crippen LogP contribution >= 0.6 is 34.4 Å². The fourth-order valence-electron chi connectivity index (χ4n) is 4.04. The van der Waals surface area contributed by atoms with Crippen molar-refractivity contribution in [1.29, 1.82) is 0 Å². The maximum Gasteiger partial charge on any atom is 0.270 e. The molecule has 0 bridgehead atoms. The molecule has 0 saturated heterocycles. The minimum atomic E-state index is -0.0580. The molecule has 170 valence electrons. The van der Waals surface area contributed by atoms with Crippen molar-refractivity contribution in [3.8, 4) is 16.4 Å². The molecule has 3 aromatic heterocycles. The molecule has 1 aliphatic rings. The van der Waals surface area contributed by atoms with Crippen LogP contribution in [0.1, 0.15) is 53.2 Å². The molecule has 0 spiro atoms. The highest BCUT2D eigenvalue weighted by Gasteiger charge is 2.20. The number of aryl methyl sites for hydroxylation is 1. The van der Waals surface area contributed by atoms with Crippen LogP contribution in [0.3, 0.4) is 0 Å². The minimum Gasteiger partial charge on any atom is -0.348 e. The van der Waals surface area contributed by atoms with E-state index in [-0.39, 0.29) is 11.9 Å². The molecule has 3 heterocycles. The molecule has 1 amide bonds. The van der Waals surface area contributed by atoms with Gasteiger partial charge in [0.2, 0.25) is 0 Å². The molecule has 1 saturated carbocycles. The number of thiazole rings is 1. The zero-order valence-electron chi connectivity index (χ0n) is 18.4. The van der Waals surface area contributed by atoms with Gasteiger partial charge in [0, 0.05) is 11.4 Å². The summed E-state index contributed by atoms with van der Waals surface area (Å²) in [4.78, 5) is 18.3. The fourth-order valence-corrected chi connectivity index (χ4v) is 6.49. The Hall–Kier alpha value is -2.49. The summed E-state index contributed by atoms with van der Waals surface area (Å²) in [6.45, 7) is 2.08. The topological polar surface area (TPSA) is 72.7 Å². The first-order valence-corrected chi connectivity index (χ1v) is 13.9. The third kappa shape index (κ3) is 5.20. The summed E-state index contributed by atoms with van der Waals surface area (Å²) in [7, 11) is 0. The van der Waals surface area contributed by atoms with Crippen LogP contribution in [-0.2, 0) is 5.75 Å². The fraction of sp³-hybridized carbons (Fsp3) is 0.333. The van der Waals surface area contributed by atoms with Gasteiger partial charge in [-0.3, -0.25) is 9.36 Å². The van der Waals surface area contributed by atoms with Crippen molar-refractivity contribution in [1.82, 2.24) is 25.1 Å². The molecule has 1 aliphatic carbocycles. The highest BCUT2D eigenvalue weighted by molar-refractivity contribution is 7.98. The predicted octanol–water partition coefficient (Wildman–Crippen LogP) is 6.12. The monoisotopic (exact) mass is 495 g/mol. The summed E-state index contributed by atoms with van der Waals surface area (Å²) in [6.07, 6.45) is 5.79. The maximum atomic E-state index is 12.6. The number of hydrogen-bond donors (Lipinski definition) is 1. The Morgan fingerprint density at radius 1 is 1.15 bits per heavy atom. The number of hydrogen-bond acceptors (Lipinski definition) is 7. The summed E-state index contributed by atoms with van der Waals surface area (Å²) < 4.78 is 2.10. The van der Waals surface area contributed by atoms with Crippen LogP contribution < -0.4 is 5.32 Å². The van der Waals surface area contributed by atoms with Crippen LogP contribution in [0.2, 0.25) is 0 Å². The number of amides is 1. The van der Waals surface area contributed by atoms with Gasteiger partial charge in [-0.15, -0.1) is 32.9 Å². The molecule has 0 unspecified atom stereocenters. The largest absolute Gasteiger partial charge is 0.348 e. The number of rotatable bonds is 7. The van der Waals surface area contributed by atoms with E-state index in [1.54, 1.807) is 23.1 Å². The first-order valence-electron chi connectivity index (χ1n) is 11.1. The summed E-state index contributed by atoms with van der Waals surface area (Å²) >= 11 is 4.76. The number of nitrogens with zero attached hydrogens (tertiary/aromatic N) is 4. The lowest BCUT2D eigenvalue weighted by Crippen LogP contribution is -2.36. The van der Waals surface area contributed by atoms with Crippen LogP contribution in [0.5, 0.6) is 0 Å². The molecule has 0 aliphatic heterocycles. The number of nitrogens with one attached hydrogen (secondary N) is 1. The Morgan fingerprint density at radius 3 is 2.82 bits per heavy atom. The van der Waals surface area contributed by atoms with Gasteiger partial charge >= 0.3 is 0 Å². The number of thiophene rings is 1. The summed E-state index contributed by atoms with van der Waals surface area (Å²) in [5.41, 5.74) is 2.74. The minimum absolute atomic E-state index is 0.0580. The van der Waals surface area contributed by atoms with Crippen molar-refractivity contribution < 1.29 is 4.79 Å². The van der Waals surface area contributed by atoms with E-state index in [2.05, 4.69) is 62.3 Å². The molecule has 0 atom stereocenters. The number of carbonyl (C=O) groups excluding carboxylic acids is 1. The third-order valence-electron chi connectivity index (χ3n) is 5.68. The van der Waals surface area contributed by atoms with Crippen molar-refractivity contribution >= 4 is 40.3 Å². The van der Waals surface area contributed by atoms with Crippen molar-refractivity contribution in [3.63, 3.8) is 0 Å². The Labute approximate surface area is 205 Å². The van der Waals surface area contributed by atoms with Crippen LogP contribution in [0.15, 0.2) is 52.3 Å². The SMILES string of the molecule is Cc1cccc(-n2c(SCc3nc(C(=O)NC4CCCCC4)cs3)nnc2-c2cccs2)c1. The van der Waals surface area contributed by atoms with Gasteiger partial charge in [-0.25, -0.2) is 4.98 Å². The second kappa shape index (κ2) is 10.2. The normalized spacial score (nSPS) is 14.5. The van der Waals surface area contributed by atoms with Crippen molar-refractivity contribution in [2.45, 2.75) is 56.0 Å². The highest BCUT2D eigenvalue weighted by atomic mass is 32.2. The molecule has 5 rings (SSSR count). The lowest BCUT2D eigenvalue weighted by molar-refractivity contribution is 0.0923. The molecule has 1 N–H and O–H groups in total. The smallest absolute Gasteiger partial charge is 0.270 e. The van der Waals surface area contributed by atoms with Gasteiger partial charge in [0.25, 0.3) is 5.91 Å². The van der Waals surface area contributed by atoms with E-state index in [4.69, 9.17) is 0 Å². The van der Waals surface area contributed by atoms with E-state index in [1.807, 2.05) is 16.8 Å². The summed E-state index contributed by atoms with van der Waals surface area (Å²) in [5.74, 6) is 1.41. The van der Waals surface area contributed by atoms with Gasteiger partial charge < -0.3 is 5.32 Å². The highest BCUT2D eigenvalue weighted by Crippen LogP contribution is 2.32. The number of benzene rings is 1. The molecule has 9 heteroatoms. The van der Waals surface area contributed by atoms with Crippen LogP contribution in [0.25, 0.3) is 16.4 Å². The molecule has 33 heavy (non-hydrogen) atoms. The Kier molecular flexibility index (Phi) is 6.89. The Bertz CT molecular complexity index is 1220. The van der Waals surface area contributed by atoms with E-state index < -0.39 is 0 Å². The standard InChI is InChI=1S/C24H25N5OS3/c1-16-7-5-10-18(13-16)29-22(20-11-6-12-31-20)27-28-24(29)33-15-21-26-19(14-32-21)23(30)25-17-8-3-2-4-9-17/h5-7,10-14,17H,2-4,8-9,15H2,1H3,(H,25,30). The second-order valence-corrected chi connectivity index (χ2v) is 11.0. The van der Waals surface area contributed by atoms with Gasteiger partial charge in [0.05, 0.1) is 16.3 Å². The Morgan fingerprint density at radius 2 is 2.03 bits per heavy atom. The molecule has 0 radical (unpaired) electrons. The molecular formula is C24H25N5OS3. The average molecular weight is 496 g/mol. The van der Waals surface area contributed by atoms with Crippen molar-refractivity contribution in [2.24, 2.45) is 0 Å². The van der Waals surface area contributed by atoms with E-state index in [0.717, 1.165) is 39.4 Å². The van der Waals surface area contributed by atoms with Gasteiger partial charge in [0.1, 0.15) is 10.7 Å². The quantitative estimate of drug-likeness (QED) is 0.313. The van der Waals surface area contributed by atoms with E-state index >= 15 is 0 Å². The summed E-state index contributed by atoms with van der Waals surface area (Å²) in [5, 5.41) is 17.8. The van der Waals surface area contributed by atoms with Crippen LogP contribution in [-0.4, -0.2) is 31.7 Å². The average Bonchev–Trinajstić information content (AvgIpc) is 3.59. The van der Waals surface area contributed by atoms with Gasteiger partial charge in [0.15, 0.2) is 11.0 Å². The van der Waals surface area contributed by atoms with Crippen molar-refractivity contribution in [3.05, 3.63) is 63.4 Å². The first kappa shape index (κ1) is 22.3. The first-order chi connectivity index (χ1) is 16.2. The molecule has 1 fully saturated rings. The van der Waals surface area contributed by atoms with Crippen molar-refractivity contribution in [2.75, 3.05) is 0 Å². The van der Waals surface area contributed by atoms with Gasteiger partial charge in [-0.05, 0) is 48.9 Å². The van der Waals surface area contributed by atoms with Crippen LogP contribution in [0.4, 0.5) is 0 Å². The molecular weight excluding hydrogens is 470 g/mol. The maximum absolute atomic E-state index is 12.6. The van der Waals surface area contributed by atoms with E-state index in [0.29, 0.717) is 11.4 Å². The number of aromatic nitrogens is 4. The molecule has 1 aromatic carbocycles. The molecule has 6 nitrogen and oxygen atoms in total. The zero-order chi connectivity index (χ0) is 22.6.